The van der Waals surface area contributed by atoms with Gasteiger partial charge in [0.05, 0.1) is 0 Å². The van der Waals surface area contributed by atoms with E-state index in [-0.39, 0.29) is 23.2 Å². The van der Waals surface area contributed by atoms with Gasteiger partial charge >= 0.3 is 5.97 Å². The quantitative estimate of drug-likeness (QED) is 0.0199. The van der Waals surface area contributed by atoms with Crippen LogP contribution in [0.3, 0.4) is 0 Å². The van der Waals surface area contributed by atoms with Crippen LogP contribution in [0.5, 0.6) is 0 Å². The molecule has 2 aliphatic rings. The molecule has 13 heteroatoms. The second kappa shape index (κ2) is 18.9. The van der Waals surface area contributed by atoms with E-state index >= 15 is 0 Å². The summed E-state index contributed by atoms with van der Waals surface area (Å²) in [7, 11) is 0. The van der Waals surface area contributed by atoms with Gasteiger partial charge < -0.3 is 20.2 Å². The van der Waals surface area contributed by atoms with Crippen molar-refractivity contribution in [3.8, 4) is 0 Å². The van der Waals surface area contributed by atoms with Gasteiger partial charge in [0.1, 0.15) is 34.4 Å². The van der Waals surface area contributed by atoms with Crippen molar-refractivity contribution in [1.82, 2.24) is 15.2 Å². The van der Waals surface area contributed by atoms with Crippen LogP contribution in [0, 0.1) is 0 Å². The number of hydrogen-bond acceptors (Lipinski definition) is 10. The Hall–Kier alpha value is -5.77. The Morgan fingerprint density at radius 3 is 1.82 bits per heavy atom. The number of esters is 1. The zero-order chi connectivity index (χ0) is 42.3. The Morgan fingerprint density at radius 1 is 0.820 bits per heavy atom. The average Bonchev–Trinajstić information content (AvgIpc) is 3.77. The Labute approximate surface area is 376 Å². The third kappa shape index (κ3) is 8.72. The number of oxime groups is 1. The second-order valence-corrected chi connectivity index (χ2v) is 17.4. The summed E-state index contributed by atoms with van der Waals surface area (Å²) in [5, 5.41) is 12.7. The van der Waals surface area contributed by atoms with Gasteiger partial charge in [-0.2, -0.15) is 0 Å². The number of hydrogen-bond donors (Lipinski definition) is 2. The average molecular weight is 960 g/mol. The van der Waals surface area contributed by atoms with Gasteiger partial charge in [0.25, 0.3) is 11.8 Å². The van der Waals surface area contributed by atoms with E-state index in [0.29, 0.717) is 15.3 Å². The molecule has 0 unspecified atom stereocenters. The van der Waals surface area contributed by atoms with Crippen LogP contribution in [0.25, 0.3) is 0 Å². The molecule has 5 aromatic carbocycles. The van der Waals surface area contributed by atoms with E-state index in [9.17, 15) is 14.4 Å². The number of alkyl halides is 1. The first kappa shape index (κ1) is 41.9. The first-order valence-corrected chi connectivity index (χ1v) is 23.2. The standard InChI is InChI=1S/C48H42IN5O5S2/c1-31(2)59-53-39(38-30-61-47(50-38)52-48(35-22-12-5-13-23-35,36-24-14-6-15-25-36)37-26-16-7-17-27-37)43(55)51-40-44(56)54-41(34(28-49)29-60-45(40)54)46(57)58-42(32-18-8-3-9-19-32)33-20-10-4-11-21-33/h3-27,30-31,40,42,45H,28-29H2,1-2H3,(H,50,52)(H,51,55)/t40-,45+/m1/s1. The van der Waals surface area contributed by atoms with E-state index in [0.717, 1.165) is 33.4 Å². The number of anilines is 1. The highest BCUT2D eigenvalue weighted by Crippen LogP contribution is 2.43. The summed E-state index contributed by atoms with van der Waals surface area (Å²) in [5.41, 5.74) is 4.96. The highest BCUT2D eigenvalue weighted by atomic mass is 127. The highest BCUT2D eigenvalue weighted by Gasteiger charge is 2.55. The number of ether oxygens (including phenoxy) is 1. The maximum absolute atomic E-state index is 14.3. The smallest absolute Gasteiger partial charge is 0.356 e. The maximum atomic E-state index is 14.3. The SMILES string of the molecule is CC(C)ON=C(C(=O)N[C@@H]1C(=O)N2C(C(=O)OC(c3ccccc3)c3ccccc3)=C(CI)CS[C@@H]12)c1csc(NC(c2ccccc2)(c2ccccc2)c2ccccc2)n1. The molecule has 0 saturated carbocycles. The number of amides is 2. The highest BCUT2D eigenvalue weighted by molar-refractivity contribution is 14.1. The van der Waals surface area contributed by atoms with Crippen LogP contribution in [0.15, 0.2) is 173 Å². The van der Waals surface area contributed by atoms with Crippen molar-refractivity contribution in [2.24, 2.45) is 5.16 Å². The van der Waals surface area contributed by atoms with Gasteiger partial charge in [0, 0.05) is 15.6 Å². The molecule has 2 N–H and O–H groups in total. The topological polar surface area (TPSA) is 122 Å². The van der Waals surface area contributed by atoms with E-state index in [1.54, 1.807) is 5.38 Å². The van der Waals surface area contributed by atoms with Crippen LogP contribution in [0.4, 0.5) is 5.13 Å². The lowest BCUT2D eigenvalue weighted by atomic mass is 9.77. The molecular formula is C48H42IN5O5S2. The number of thioether (sulfide) groups is 1. The third-order valence-corrected chi connectivity index (χ3v) is 13.4. The van der Waals surface area contributed by atoms with Crippen molar-refractivity contribution in [3.63, 3.8) is 0 Å². The summed E-state index contributed by atoms with van der Waals surface area (Å²) in [6.07, 6.45) is -1.02. The minimum absolute atomic E-state index is 0.0773. The molecule has 1 fully saturated rings. The fourth-order valence-corrected chi connectivity index (χ4v) is 10.6. The lowest BCUT2D eigenvalue weighted by Crippen LogP contribution is -2.71. The van der Waals surface area contributed by atoms with E-state index in [1.165, 1.54) is 28.0 Å². The van der Waals surface area contributed by atoms with E-state index in [1.807, 2.05) is 129 Å². The zero-order valence-corrected chi connectivity index (χ0v) is 37.1. The molecule has 6 aromatic rings. The summed E-state index contributed by atoms with van der Waals surface area (Å²) in [5.74, 6) is -1.16. The van der Waals surface area contributed by atoms with Crippen LogP contribution in [0.1, 0.15) is 53.5 Å². The molecule has 0 aliphatic carbocycles. The van der Waals surface area contributed by atoms with Crippen molar-refractivity contribution in [2.75, 3.05) is 15.5 Å². The normalized spacial score (nSPS) is 16.5. The van der Waals surface area contributed by atoms with Gasteiger partial charge in [-0.05, 0) is 47.2 Å². The van der Waals surface area contributed by atoms with Gasteiger partial charge in [-0.25, -0.2) is 9.78 Å². The first-order chi connectivity index (χ1) is 29.8. The number of nitrogens with zero attached hydrogens (tertiary/aromatic N) is 3. The molecule has 8 rings (SSSR count). The molecule has 3 heterocycles. The number of β-lactam (4-membered cyclic amide) rings is 1. The van der Waals surface area contributed by atoms with E-state index < -0.39 is 40.8 Å². The number of carbonyl (C=O) groups is 3. The van der Waals surface area contributed by atoms with Crippen molar-refractivity contribution >= 4 is 74.3 Å². The van der Waals surface area contributed by atoms with Crippen molar-refractivity contribution < 1.29 is 24.0 Å². The van der Waals surface area contributed by atoms with Crippen LogP contribution >= 0.6 is 45.7 Å². The van der Waals surface area contributed by atoms with E-state index in [2.05, 4.69) is 74.8 Å². The molecule has 1 saturated heterocycles. The number of benzene rings is 5. The summed E-state index contributed by atoms with van der Waals surface area (Å²) >= 11 is 5.02. The molecule has 308 valence electrons. The fraction of sp³-hybridized carbons (Fsp3) is 0.188. The van der Waals surface area contributed by atoms with Crippen molar-refractivity contribution in [1.29, 1.82) is 0 Å². The predicted octanol–water partition coefficient (Wildman–Crippen LogP) is 9.10. The van der Waals surface area contributed by atoms with Crippen LogP contribution in [-0.2, 0) is 29.5 Å². The summed E-state index contributed by atoms with van der Waals surface area (Å²) < 4.78 is 6.77. The monoisotopic (exact) mass is 959 g/mol. The molecule has 1 aromatic heterocycles. The van der Waals surface area contributed by atoms with Crippen LogP contribution in [0.2, 0.25) is 0 Å². The molecule has 2 amide bonds. The van der Waals surface area contributed by atoms with Crippen molar-refractivity contribution in [3.05, 3.63) is 202 Å². The van der Waals surface area contributed by atoms with Gasteiger partial charge in [0.15, 0.2) is 16.9 Å². The summed E-state index contributed by atoms with van der Waals surface area (Å²) in [4.78, 5) is 54.6. The maximum Gasteiger partial charge on any atom is 0.356 e. The first-order valence-electron chi connectivity index (χ1n) is 19.8. The molecule has 0 radical (unpaired) electrons. The summed E-state index contributed by atoms with van der Waals surface area (Å²) in [6, 6.07) is 48.6. The van der Waals surface area contributed by atoms with E-state index in [4.69, 9.17) is 14.6 Å². The van der Waals surface area contributed by atoms with Gasteiger partial charge in [-0.1, -0.05) is 179 Å². The van der Waals surface area contributed by atoms with Crippen LogP contribution in [-0.4, -0.2) is 61.1 Å². The predicted molar refractivity (Wildman–Crippen MR) is 249 cm³/mol. The Morgan fingerprint density at radius 2 is 1.33 bits per heavy atom. The van der Waals surface area contributed by atoms with Gasteiger partial charge in [-0.15, -0.1) is 23.1 Å². The number of fused-ring (bicyclic) bond motifs is 1. The number of carbonyl (C=O) groups excluding carboxylic acids is 3. The van der Waals surface area contributed by atoms with Crippen LogP contribution < -0.4 is 10.6 Å². The lowest BCUT2D eigenvalue weighted by Gasteiger charge is -2.49. The molecule has 61 heavy (non-hydrogen) atoms. The number of thiazole rings is 1. The fourth-order valence-electron chi connectivity index (χ4n) is 7.48. The molecule has 10 nitrogen and oxygen atoms in total. The molecule has 0 bridgehead atoms. The molecule has 2 atom stereocenters. The van der Waals surface area contributed by atoms with Gasteiger partial charge in [-0.3, -0.25) is 14.5 Å². The number of halogens is 1. The van der Waals surface area contributed by atoms with Crippen molar-refractivity contribution in [2.45, 2.75) is 43.0 Å². The summed E-state index contributed by atoms with van der Waals surface area (Å²) in [6.45, 7) is 3.62. The minimum atomic E-state index is -0.933. The molecular weight excluding hydrogens is 918 g/mol. The minimum Gasteiger partial charge on any atom is -0.448 e. The third-order valence-electron chi connectivity index (χ3n) is 10.3. The Kier molecular flexibility index (Phi) is 13.0. The largest absolute Gasteiger partial charge is 0.448 e. The number of nitrogens with one attached hydrogen (secondary N) is 2. The molecule has 2 aliphatic heterocycles. The number of rotatable bonds is 15. The van der Waals surface area contributed by atoms with Gasteiger partial charge in [0.2, 0.25) is 0 Å². The lowest BCUT2D eigenvalue weighted by molar-refractivity contribution is -0.154. The Bertz CT molecular complexity index is 2400. The Balaban J connectivity index is 1.05. The second-order valence-electron chi connectivity index (χ2n) is 14.7. The number of aromatic nitrogens is 1. The zero-order valence-electron chi connectivity index (χ0n) is 33.3. The molecule has 0 spiro atoms.